The molecule has 26 heavy (non-hydrogen) atoms. The highest BCUT2D eigenvalue weighted by Crippen LogP contribution is 2.38. The summed E-state index contributed by atoms with van der Waals surface area (Å²) in [5.74, 6) is 1.93. The number of hydrogen-bond acceptors (Lipinski definition) is 5. The van der Waals surface area contributed by atoms with E-state index < -0.39 is 5.54 Å². The Morgan fingerprint density at radius 1 is 1.04 bits per heavy atom. The molecule has 144 valence electrons. The first kappa shape index (κ1) is 18.0. The maximum atomic E-state index is 12.7. The molecule has 0 spiro atoms. The average molecular weight is 361 g/mol. The van der Waals surface area contributed by atoms with Crippen LogP contribution in [0.25, 0.3) is 0 Å². The minimum absolute atomic E-state index is 0.0611. The first-order valence-electron chi connectivity index (χ1n) is 10.5. The molecule has 3 aliphatic rings. The maximum absolute atomic E-state index is 12.7. The number of aromatic nitrogens is 2. The van der Waals surface area contributed by atoms with Gasteiger partial charge in [0.05, 0.1) is 12.5 Å². The van der Waals surface area contributed by atoms with Crippen molar-refractivity contribution in [3.63, 3.8) is 0 Å². The van der Waals surface area contributed by atoms with Crippen LogP contribution in [0.1, 0.15) is 101 Å². The van der Waals surface area contributed by atoms with Crippen molar-refractivity contribution in [2.24, 2.45) is 0 Å². The van der Waals surface area contributed by atoms with E-state index in [-0.39, 0.29) is 12.0 Å². The Kier molecular flexibility index (Phi) is 5.57. The summed E-state index contributed by atoms with van der Waals surface area (Å²) in [5, 5.41) is 7.67. The molecule has 1 aromatic heterocycles. The first-order valence-corrected chi connectivity index (χ1v) is 10.5. The smallest absolute Gasteiger partial charge is 0.229 e. The highest BCUT2D eigenvalue weighted by molar-refractivity contribution is 5.77. The predicted molar refractivity (Wildman–Crippen MR) is 96.6 cm³/mol. The Bertz CT molecular complexity index is 595. The van der Waals surface area contributed by atoms with Gasteiger partial charge in [0.1, 0.15) is 5.54 Å². The zero-order valence-corrected chi connectivity index (χ0v) is 15.7. The van der Waals surface area contributed by atoms with E-state index in [4.69, 9.17) is 14.2 Å². The molecule has 0 bridgehead atoms. The van der Waals surface area contributed by atoms with Gasteiger partial charge in [-0.2, -0.15) is 4.98 Å². The van der Waals surface area contributed by atoms with E-state index in [9.17, 15) is 4.79 Å². The second-order valence-electron chi connectivity index (χ2n) is 8.32. The van der Waals surface area contributed by atoms with Crippen LogP contribution in [0.5, 0.6) is 0 Å². The SMILES string of the molecule is O=C(C[C@H]1CCCO1)NC1(c2noc(C3CCCC3)n2)CCCCCC1. The zero-order valence-electron chi connectivity index (χ0n) is 15.7. The van der Waals surface area contributed by atoms with Crippen molar-refractivity contribution in [3.8, 4) is 0 Å². The van der Waals surface area contributed by atoms with E-state index >= 15 is 0 Å². The summed E-state index contributed by atoms with van der Waals surface area (Å²) < 4.78 is 11.3. The Labute approximate surface area is 155 Å². The van der Waals surface area contributed by atoms with Crippen LogP contribution in [0.2, 0.25) is 0 Å². The number of carbonyl (C=O) groups excluding carboxylic acids is 1. The summed E-state index contributed by atoms with van der Waals surface area (Å²) in [6.07, 6.45) is 13.7. The monoisotopic (exact) mass is 361 g/mol. The van der Waals surface area contributed by atoms with Crippen LogP contribution < -0.4 is 5.32 Å². The van der Waals surface area contributed by atoms with Crippen molar-refractivity contribution < 1.29 is 14.1 Å². The largest absolute Gasteiger partial charge is 0.378 e. The molecule has 1 amide bonds. The molecule has 0 aromatic carbocycles. The number of nitrogens with zero attached hydrogens (tertiary/aromatic N) is 2. The van der Waals surface area contributed by atoms with Crippen molar-refractivity contribution in [2.75, 3.05) is 6.61 Å². The fourth-order valence-corrected chi connectivity index (χ4v) is 4.83. The molecular formula is C20H31N3O3. The second-order valence-corrected chi connectivity index (χ2v) is 8.32. The molecule has 3 fully saturated rings. The number of nitrogens with one attached hydrogen (secondary N) is 1. The van der Waals surface area contributed by atoms with Crippen molar-refractivity contribution in [1.82, 2.24) is 15.5 Å². The Hall–Kier alpha value is -1.43. The van der Waals surface area contributed by atoms with Gasteiger partial charge in [-0.25, -0.2) is 0 Å². The zero-order chi connectivity index (χ0) is 17.8. The fraction of sp³-hybridized carbons (Fsp3) is 0.850. The third-order valence-electron chi connectivity index (χ3n) is 6.35. The van der Waals surface area contributed by atoms with Gasteiger partial charge in [0.15, 0.2) is 5.82 Å². The number of carbonyl (C=O) groups is 1. The average Bonchev–Trinajstić information content (AvgIpc) is 3.36. The molecule has 1 aromatic rings. The molecule has 6 nitrogen and oxygen atoms in total. The maximum Gasteiger partial charge on any atom is 0.229 e. The second kappa shape index (κ2) is 8.07. The van der Waals surface area contributed by atoms with Crippen molar-refractivity contribution in [3.05, 3.63) is 11.7 Å². The molecule has 0 unspecified atom stereocenters. The molecule has 1 atom stereocenters. The highest BCUT2D eigenvalue weighted by atomic mass is 16.5. The van der Waals surface area contributed by atoms with Crippen molar-refractivity contribution >= 4 is 5.91 Å². The normalized spacial score (nSPS) is 26.7. The molecule has 6 heteroatoms. The first-order chi connectivity index (χ1) is 12.8. The molecule has 4 rings (SSSR count). The minimum Gasteiger partial charge on any atom is -0.378 e. The Balaban J connectivity index is 1.51. The van der Waals surface area contributed by atoms with Crippen LogP contribution in [-0.2, 0) is 15.1 Å². The van der Waals surface area contributed by atoms with Crippen LogP contribution in [-0.4, -0.2) is 28.8 Å². The fourth-order valence-electron chi connectivity index (χ4n) is 4.83. The van der Waals surface area contributed by atoms with Gasteiger partial charge in [-0.05, 0) is 38.5 Å². The summed E-state index contributed by atoms with van der Waals surface area (Å²) in [6, 6.07) is 0. The molecule has 2 aliphatic carbocycles. The summed E-state index contributed by atoms with van der Waals surface area (Å²) in [4.78, 5) is 17.5. The molecule has 2 saturated carbocycles. The van der Waals surface area contributed by atoms with E-state index in [1.807, 2.05) is 0 Å². The molecule has 1 saturated heterocycles. The van der Waals surface area contributed by atoms with Crippen LogP contribution in [0.3, 0.4) is 0 Å². The molecule has 2 heterocycles. The minimum atomic E-state index is -0.466. The van der Waals surface area contributed by atoms with E-state index in [0.717, 1.165) is 63.9 Å². The van der Waals surface area contributed by atoms with Gasteiger partial charge in [0, 0.05) is 12.5 Å². The summed E-state index contributed by atoms with van der Waals surface area (Å²) >= 11 is 0. The van der Waals surface area contributed by atoms with Gasteiger partial charge in [-0.3, -0.25) is 4.79 Å². The standard InChI is InChI=1S/C20H31N3O3/c24-17(14-16-10-7-13-25-16)22-20(11-5-1-2-6-12-20)19-21-18(26-23-19)15-8-3-4-9-15/h15-16H,1-14H2,(H,22,24)/t16-/m1/s1. The summed E-state index contributed by atoms with van der Waals surface area (Å²) in [5.41, 5.74) is -0.466. The van der Waals surface area contributed by atoms with Crippen LogP contribution in [0, 0.1) is 0 Å². The number of hydrogen-bond donors (Lipinski definition) is 1. The van der Waals surface area contributed by atoms with Gasteiger partial charge in [-0.15, -0.1) is 0 Å². The number of ether oxygens (including phenoxy) is 1. The number of amides is 1. The van der Waals surface area contributed by atoms with Crippen molar-refractivity contribution in [1.29, 1.82) is 0 Å². The Morgan fingerprint density at radius 3 is 2.50 bits per heavy atom. The number of rotatable bonds is 5. The van der Waals surface area contributed by atoms with Gasteiger partial charge in [-0.1, -0.05) is 43.7 Å². The van der Waals surface area contributed by atoms with E-state index in [2.05, 4.69) is 10.5 Å². The van der Waals surface area contributed by atoms with E-state index in [1.54, 1.807) is 0 Å². The van der Waals surface area contributed by atoms with Crippen LogP contribution in [0.15, 0.2) is 4.52 Å². The quantitative estimate of drug-likeness (QED) is 0.803. The van der Waals surface area contributed by atoms with Crippen LogP contribution >= 0.6 is 0 Å². The lowest BCUT2D eigenvalue weighted by molar-refractivity contribution is -0.125. The molecular weight excluding hydrogens is 330 g/mol. The molecule has 0 radical (unpaired) electrons. The van der Waals surface area contributed by atoms with Gasteiger partial charge in [0.25, 0.3) is 0 Å². The molecule has 1 aliphatic heterocycles. The van der Waals surface area contributed by atoms with Crippen molar-refractivity contribution in [2.45, 2.75) is 101 Å². The van der Waals surface area contributed by atoms with Gasteiger partial charge < -0.3 is 14.6 Å². The third kappa shape index (κ3) is 3.95. The molecule has 1 N–H and O–H groups in total. The summed E-state index contributed by atoms with van der Waals surface area (Å²) in [6.45, 7) is 0.776. The van der Waals surface area contributed by atoms with Gasteiger partial charge >= 0.3 is 0 Å². The lowest BCUT2D eigenvalue weighted by atomic mass is 9.88. The Morgan fingerprint density at radius 2 is 1.81 bits per heavy atom. The lowest BCUT2D eigenvalue weighted by Gasteiger charge is -2.31. The van der Waals surface area contributed by atoms with E-state index in [1.165, 1.54) is 25.7 Å². The third-order valence-corrected chi connectivity index (χ3v) is 6.35. The van der Waals surface area contributed by atoms with E-state index in [0.29, 0.717) is 18.2 Å². The summed E-state index contributed by atoms with van der Waals surface area (Å²) in [7, 11) is 0. The highest BCUT2D eigenvalue weighted by Gasteiger charge is 2.40. The predicted octanol–water partition coefficient (Wildman–Crippen LogP) is 3.96. The van der Waals surface area contributed by atoms with Crippen LogP contribution in [0.4, 0.5) is 0 Å². The topological polar surface area (TPSA) is 77.2 Å². The van der Waals surface area contributed by atoms with Gasteiger partial charge in [0.2, 0.25) is 11.8 Å². The lowest BCUT2D eigenvalue weighted by Crippen LogP contribution is -2.47.